The zero-order valence-electron chi connectivity index (χ0n) is 10.7. The molecule has 0 aliphatic heterocycles. The number of Topliss-reactive ketones (excluding diaryl/α,β-unsaturated/α-hetero) is 1. The standard InChI is InChI=1S/C16H17NO/c1-11-6-5-7-12(2)14(11)10-16(18)13-8-3-4-9-15(13)17/h3-9H,10,17H2,1-2H3. The predicted octanol–water partition coefficient (Wildman–Crippen LogP) is 3.31. The van der Waals surface area contributed by atoms with Gasteiger partial charge in [0.1, 0.15) is 0 Å². The van der Waals surface area contributed by atoms with Crippen molar-refractivity contribution in [2.75, 3.05) is 5.73 Å². The van der Waals surface area contributed by atoms with E-state index in [1.54, 1.807) is 12.1 Å². The fraction of sp³-hybridized carbons (Fsp3) is 0.188. The number of hydrogen-bond acceptors (Lipinski definition) is 2. The van der Waals surface area contributed by atoms with E-state index in [2.05, 4.69) is 0 Å². The normalized spacial score (nSPS) is 10.3. The summed E-state index contributed by atoms with van der Waals surface area (Å²) in [7, 11) is 0. The third-order valence-corrected chi connectivity index (χ3v) is 3.24. The molecule has 0 bridgehead atoms. The number of anilines is 1. The number of carbonyl (C=O) groups is 1. The maximum Gasteiger partial charge on any atom is 0.169 e. The Morgan fingerprint density at radius 2 is 1.61 bits per heavy atom. The van der Waals surface area contributed by atoms with Crippen LogP contribution in [0.25, 0.3) is 0 Å². The van der Waals surface area contributed by atoms with Crippen LogP contribution in [0.3, 0.4) is 0 Å². The van der Waals surface area contributed by atoms with Crippen LogP contribution in [0.4, 0.5) is 5.69 Å². The lowest BCUT2D eigenvalue weighted by Gasteiger charge is -2.10. The van der Waals surface area contributed by atoms with Crippen LogP contribution in [0, 0.1) is 13.8 Å². The number of hydrogen-bond donors (Lipinski definition) is 1. The third-order valence-electron chi connectivity index (χ3n) is 3.24. The van der Waals surface area contributed by atoms with Crippen molar-refractivity contribution >= 4 is 11.5 Å². The van der Waals surface area contributed by atoms with Crippen molar-refractivity contribution in [2.24, 2.45) is 0 Å². The van der Waals surface area contributed by atoms with Crippen molar-refractivity contribution in [2.45, 2.75) is 20.3 Å². The number of ketones is 1. The van der Waals surface area contributed by atoms with Crippen LogP contribution in [-0.4, -0.2) is 5.78 Å². The van der Waals surface area contributed by atoms with Gasteiger partial charge in [-0.25, -0.2) is 0 Å². The molecule has 0 aliphatic rings. The zero-order chi connectivity index (χ0) is 13.1. The lowest BCUT2D eigenvalue weighted by Crippen LogP contribution is -2.08. The number of nitrogens with two attached hydrogens (primary N) is 1. The highest BCUT2D eigenvalue weighted by molar-refractivity contribution is 6.02. The van der Waals surface area contributed by atoms with E-state index in [9.17, 15) is 4.79 Å². The molecule has 0 radical (unpaired) electrons. The zero-order valence-corrected chi connectivity index (χ0v) is 10.7. The number of para-hydroxylation sites is 1. The van der Waals surface area contributed by atoms with E-state index in [4.69, 9.17) is 5.73 Å². The third kappa shape index (κ3) is 2.43. The lowest BCUT2D eigenvalue weighted by atomic mass is 9.95. The van der Waals surface area contributed by atoms with Gasteiger partial charge < -0.3 is 5.73 Å². The summed E-state index contributed by atoms with van der Waals surface area (Å²) in [6, 6.07) is 13.3. The van der Waals surface area contributed by atoms with Gasteiger partial charge in [0.15, 0.2) is 5.78 Å². The number of carbonyl (C=O) groups excluding carboxylic acids is 1. The van der Waals surface area contributed by atoms with E-state index in [0.717, 1.165) is 16.7 Å². The van der Waals surface area contributed by atoms with Crippen LogP contribution in [0.2, 0.25) is 0 Å². The molecule has 92 valence electrons. The van der Waals surface area contributed by atoms with E-state index in [1.807, 2.05) is 44.2 Å². The topological polar surface area (TPSA) is 43.1 Å². The van der Waals surface area contributed by atoms with Gasteiger partial charge in [0.2, 0.25) is 0 Å². The second-order valence-electron chi connectivity index (χ2n) is 4.56. The molecule has 0 fully saturated rings. The van der Waals surface area contributed by atoms with Crippen molar-refractivity contribution in [1.29, 1.82) is 0 Å². The molecule has 2 N–H and O–H groups in total. The molecule has 2 rings (SSSR count). The van der Waals surface area contributed by atoms with E-state index >= 15 is 0 Å². The Kier molecular flexibility index (Phi) is 3.47. The van der Waals surface area contributed by atoms with Crippen molar-refractivity contribution in [3.63, 3.8) is 0 Å². The molecular formula is C16H17NO. The maximum absolute atomic E-state index is 12.3. The SMILES string of the molecule is Cc1cccc(C)c1CC(=O)c1ccccc1N. The summed E-state index contributed by atoms with van der Waals surface area (Å²) in [6.45, 7) is 4.06. The molecule has 0 heterocycles. The van der Waals surface area contributed by atoms with Crippen molar-refractivity contribution in [3.8, 4) is 0 Å². The van der Waals surface area contributed by atoms with Crippen molar-refractivity contribution < 1.29 is 4.79 Å². The quantitative estimate of drug-likeness (QED) is 0.659. The molecule has 2 aromatic carbocycles. The molecule has 2 aromatic rings. The fourth-order valence-electron chi connectivity index (χ4n) is 2.13. The van der Waals surface area contributed by atoms with Gasteiger partial charge in [-0.2, -0.15) is 0 Å². The fourth-order valence-corrected chi connectivity index (χ4v) is 2.13. The molecule has 0 aliphatic carbocycles. The molecule has 0 unspecified atom stereocenters. The first-order valence-corrected chi connectivity index (χ1v) is 6.02. The van der Waals surface area contributed by atoms with Crippen LogP contribution in [0.1, 0.15) is 27.0 Å². The Morgan fingerprint density at radius 1 is 1.00 bits per heavy atom. The summed E-state index contributed by atoms with van der Waals surface area (Å²) >= 11 is 0. The van der Waals surface area contributed by atoms with Crippen molar-refractivity contribution in [1.82, 2.24) is 0 Å². The first-order valence-electron chi connectivity index (χ1n) is 6.02. The number of nitrogen functional groups attached to an aromatic ring is 1. The van der Waals surface area contributed by atoms with Crippen LogP contribution >= 0.6 is 0 Å². The molecule has 2 nitrogen and oxygen atoms in total. The van der Waals surface area contributed by atoms with E-state index in [0.29, 0.717) is 17.7 Å². The van der Waals surface area contributed by atoms with Gasteiger partial charge in [-0.3, -0.25) is 4.79 Å². The summed E-state index contributed by atoms with van der Waals surface area (Å²) in [5.41, 5.74) is 10.4. The van der Waals surface area contributed by atoms with Gasteiger partial charge in [0.05, 0.1) is 0 Å². The smallest absolute Gasteiger partial charge is 0.169 e. The first kappa shape index (κ1) is 12.4. The summed E-state index contributed by atoms with van der Waals surface area (Å²) in [4.78, 5) is 12.3. The summed E-state index contributed by atoms with van der Waals surface area (Å²) in [5.74, 6) is 0.0745. The highest BCUT2D eigenvalue weighted by atomic mass is 16.1. The Bertz CT molecular complexity index is 567. The second-order valence-corrected chi connectivity index (χ2v) is 4.56. The average Bonchev–Trinajstić information content (AvgIpc) is 2.34. The summed E-state index contributed by atoms with van der Waals surface area (Å²) in [5, 5.41) is 0. The minimum absolute atomic E-state index is 0.0745. The molecule has 0 atom stereocenters. The van der Waals surface area contributed by atoms with Crippen LogP contribution < -0.4 is 5.73 Å². The van der Waals surface area contributed by atoms with Gasteiger partial charge in [0.25, 0.3) is 0 Å². The summed E-state index contributed by atoms with van der Waals surface area (Å²) < 4.78 is 0. The first-order chi connectivity index (χ1) is 8.59. The Morgan fingerprint density at radius 3 is 2.22 bits per heavy atom. The molecule has 0 spiro atoms. The highest BCUT2D eigenvalue weighted by Crippen LogP contribution is 2.18. The molecule has 2 heteroatoms. The van der Waals surface area contributed by atoms with Gasteiger partial charge in [0, 0.05) is 17.7 Å². The predicted molar refractivity (Wildman–Crippen MR) is 74.8 cm³/mol. The van der Waals surface area contributed by atoms with Crippen LogP contribution in [0.15, 0.2) is 42.5 Å². The van der Waals surface area contributed by atoms with E-state index in [-0.39, 0.29) is 5.78 Å². The minimum Gasteiger partial charge on any atom is -0.398 e. The van der Waals surface area contributed by atoms with E-state index < -0.39 is 0 Å². The number of rotatable bonds is 3. The molecule has 0 amide bonds. The van der Waals surface area contributed by atoms with Crippen LogP contribution in [0.5, 0.6) is 0 Å². The van der Waals surface area contributed by atoms with Gasteiger partial charge >= 0.3 is 0 Å². The highest BCUT2D eigenvalue weighted by Gasteiger charge is 2.12. The summed E-state index contributed by atoms with van der Waals surface area (Å²) in [6.07, 6.45) is 0.409. The Hall–Kier alpha value is -2.09. The Balaban J connectivity index is 2.30. The molecule has 18 heavy (non-hydrogen) atoms. The number of aryl methyl sites for hydroxylation is 2. The lowest BCUT2D eigenvalue weighted by molar-refractivity contribution is 0.0993. The van der Waals surface area contributed by atoms with Gasteiger partial charge in [-0.15, -0.1) is 0 Å². The van der Waals surface area contributed by atoms with Gasteiger partial charge in [-0.05, 0) is 42.7 Å². The monoisotopic (exact) mass is 239 g/mol. The van der Waals surface area contributed by atoms with Gasteiger partial charge in [-0.1, -0.05) is 30.3 Å². The second kappa shape index (κ2) is 5.05. The molecular weight excluding hydrogens is 222 g/mol. The molecule has 0 saturated carbocycles. The Labute approximate surface area is 107 Å². The van der Waals surface area contributed by atoms with Crippen molar-refractivity contribution in [3.05, 3.63) is 64.7 Å². The molecule has 0 aromatic heterocycles. The maximum atomic E-state index is 12.3. The molecule has 0 saturated heterocycles. The average molecular weight is 239 g/mol. The minimum atomic E-state index is 0.0745. The van der Waals surface area contributed by atoms with E-state index in [1.165, 1.54) is 0 Å². The van der Waals surface area contributed by atoms with Crippen LogP contribution in [-0.2, 0) is 6.42 Å². The largest absolute Gasteiger partial charge is 0.398 e. The number of benzene rings is 2.